The molecule has 5 nitrogen and oxygen atoms in total. The molecule has 0 atom stereocenters. The lowest BCUT2D eigenvalue weighted by molar-refractivity contribution is 0.419. The Kier molecular flexibility index (Phi) is 9.55. The quantitative estimate of drug-likeness (QED) is 0.141. The molecule has 69 heavy (non-hydrogen) atoms. The molecule has 10 aromatic carbocycles. The molecule has 0 N–H and O–H groups in total. The highest BCUT2D eigenvalue weighted by Crippen LogP contribution is 2.54. The van der Waals surface area contributed by atoms with Gasteiger partial charge in [-0.25, -0.2) is 0 Å². The third kappa shape index (κ3) is 6.55. The molecular formula is C63H47BN4O. The van der Waals surface area contributed by atoms with E-state index in [1.807, 2.05) is 0 Å². The van der Waals surface area contributed by atoms with E-state index in [0.29, 0.717) is 0 Å². The van der Waals surface area contributed by atoms with Gasteiger partial charge in [-0.05, 0) is 120 Å². The number of anilines is 12. The number of hydrogen-bond donors (Lipinski definition) is 0. The summed E-state index contributed by atoms with van der Waals surface area (Å²) in [5, 5.41) is 0. The maximum atomic E-state index is 7.01. The SMILES string of the molecule is CC1(C)c2ccccc2Oc2c(N(c3ccccc3)c3ccc4c(c3)N(c3ccccc3)c3cc(N(c5ccccc5)c5ccccc5)cc5c3B4c3ccccc3N5c3ccccc3)cccc21. The maximum Gasteiger partial charge on any atom is 0.252 e. The zero-order valence-corrected chi connectivity index (χ0v) is 38.4. The Hall–Kier alpha value is -8.74. The molecule has 0 aromatic heterocycles. The van der Waals surface area contributed by atoms with Crippen LogP contribution >= 0.6 is 0 Å². The zero-order valence-electron chi connectivity index (χ0n) is 38.4. The van der Waals surface area contributed by atoms with Gasteiger partial charge in [0.1, 0.15) is 5.75 Å². The monoisotopic (exact) mass is 886 g/mol. The van der Waals surface area contributed by atoms with Crippen molar-refractivity contribution in [2.75, 3.05) is 19.6 Å². The van der Waals surface area contributed by atoms with Gasteiger partial charge in [0.05, 0.1) is 11.4 Å². The molecule has 3 aliphatic heterocycles. The zero-order chi connectivity index (χ0) is 46.1. The summed E-state index contributed by atoms with van der Waals surface area (Å²) in [4.78, 5) is 9.74. The summed E-state index contributed by atoms with van der Waals surface area (Å²) >= 11 is 0. The van der Waals surface area contributed by atoms with Crippen LogP contribution in [0.4, 0.5) is 68.2 Å². The minimum Gasteiger partial charge on any atom is -0.455 e. The van der Waals surface area contributed by atoms with Crippen molar-refractivity contribution in [1.82, 2.24) is 0 Å². The van der Waals surface area contributed by atoms with Gasteiger partial charge in [0, 0.05) is 73.4 Å². The molecule has 10 aromatic rings. The summed E-state index contributed by atoms with van der Waals surface area (Å²) in [7, 11) is 0. The third-order valence-corrected chi connectivity index (χ3v) is 14.2. The van der Waals surface area contributed by atoms with Crippen LogP contribution in [-0.2, 0) is 5.41 Å². The van der Waals surface area contributed by atoms with E-state index in [2.05, 4.69) is 282 Å². The number of hydrogen-bond acceptors (Lipinski definition) is 5. The van der Waals surface area contributed by atoms with Gasteiger partial charge < -0.3 is 24.3 Å². The van der Waals surface area contributed by atoms with Crippen LogP contribution in [0.5, 0.6) is 11.5 Å². The summed E-state index contributed by atoms with van der Waals surface area (Å²) in [5.41, 5.74) is 18.8. The highest BCUT2D eigenvalue weighted by atomic mass is 16.5. The summed E-state index contributed by atoms with van der Waals surface area (Å²) in [6, 6.07) is 89.9. The standard InChI is InChI=1S/C63H47BN4O/c1-63(2)51-33-18-21-38-60(51)69-62-52(63)34-22-37-56(62)66(46-27-12-5-13-28-46)49-39-40-54-57(41-49)68(48-31-16-7-17-32-48)59-43-50(65(44-23-8-3-9-24-44)45-25-10-4-11-26-45)42-58-61(59)64(54)53-35-19-20-36-55(53)67(58)47-29-14-6-15-30-47/h3-43H,1-2H3. The summed E-state index contributed by atoms with van der Waals surface area (Å²) in [6.45, 7) is 4.54. The number of nitrogens with zero attached hydrogens (tertiary/aromatic N) is 4. The summed E-state index contributed by atoms with van der Waals surface area (Å²) in [6.07, 6.45) is 0. The van der Waals surface area contributed by atoms with Gasteiger partial charge in [0.25, 0.3) is 6.71 Å². The van der Waals surface area contributed by atoms with Crippen molar-refractivity contribution in [1.29, 1.82) is 0 Å². The molecule has 0 saturated carbocycles. The number of para-hydroxylation sites is 8. The van der Waals surface area contributed by atoms with Crippen LogP contribution in [0.1, 0.15) is 25.0 Å². The molecule has 0 fully saturated rings. The molecule has 0 bridgehead atoms. The van der Waals surface area contributed by atoms with Crippen molar-refractivity contribution in [3.63, 3.8) is 0 Å². The number of ether oxygens (including phenoxy) is 1. The van der Waals surface area contributed by atoms with Gasteiger partial charge in [-0.1, -0.05) is 159 Å². The average Bonchev–Trinajstić information content (AvgIpc) is 3.40. The van der Waals surface area contributed by atoms with E-state index in [4.69, 9.17) is 4.74 Å². The summed E-state index contributed by atoms with van der Waals surface area (Å²) in [5.74, 6) is 1.76. The second kappa shape index (κ2) is 16.3. The number of rotatable bonds is 8. The molecule has 0 aliphatic carbocycles. The molecule has 0 saturated heterocycles. The van der Waals surface area contributed by atoms with Gasteiger partial charge in [-0.2, -0.15) is 0 Å². The second-order valence-electron chi connectivity index (χ2n) is 18.5. The van der Waals surface area contributed by atoms with E-state index in [1.165, 1.54) is 27.6 Å². The molecule has 3 aliphatic rings. The van der Waals surface area contributed by atoms with E-state index in [0.717, 1.165) is 79.6 Å². The molecule has 0 unspecified atom stereocenters. The first-order chi connectivity index (χ1) is 34.0. The highest BCUT2D eigenvalue weighted by Gasteiger charge is 2.44. The highest BCUT2D eigenvalue weighted by molar-refractivity contribution is 7.00. The fourth-order valence-electron chi connectivity index (χ4n) is 11.1. The Labute approximate surface area is 404 Å². The van der Waals surface area contributed by atoms with E-state index in [-0.39, 0.29) is 12.1 Å². The molecule has 3 heterocycles. The van der Waals surface area contributed by atoms with E-state index in [9.17, 15) is 0 Å². The molecule has 13 rings (SSSR count). The van der Waals surface area contributed by atoms with Crippen molar-refractivity contribution in [2.45, 2.75) is 19.3 Å². The fraction of sp³-hybridized carbons (Fsp3) is 0.0476. The van der Waals surface area contributed by atoms with Crippen LogP contribution in [0.3, 0.4) is 0 Å². The lowest BCUT2D eigenvalue weighted by Gasteiger charge is -2.45. The molecule has 328 valence electrons. The van der Waals surface area contributed by atoms with Crippen LogP contribution < -0.4 is 40.7 Å². The van der Waals surface area contributed by atoms with E-state index in [1.54, 1.807) is 0 Å². The Morgan fingerprint density at radius 1 is 0.377 bits per heavy atom. The maximum absolute atomic E-state index is 7.01. The second-order valence-corrected chi connectivity index (χ2v) is 18.5. The Morgan fingerprint density at radius 2 is 0.855 bits per heavy atom. The van der Waals surface area contributed by atoms with Crippen LogP contribution in [0.25, 0.3) is 0 Å². The van der Waals surface area contributed by atoms with Crippen molar-refractivity contribution in [3.05, 3.63) is 260 Å². The Bertz CT molecular complexity index is 3490. The van der Waals surface area contributed by atoms with Crippen LogP contribution in [0.2, 0.25) is 0 Å². The van der Waals surface area contributed by atoms with Gasteiger partial charge in [-0.3, -0.25) is 0 Å². The van der Waals surface area contributed by atoms with Crippen molar-refractivity contribution >= 4 is 91.3 Å². The van der Waals surface area contributed by atoms with Crippen LogP contribution in [0, 0.1) is 0 Å². The molecule has 0 spiro atoms. The van der Waals surface area contributed by atoms with E-state index >= 15 is 0 Å². The Balaban J connectivity index is 1.09. The minimum absolute atomic E-state index is 0.0681. The largest absolute Gasteiger partial charge is 0.455 e. The number of benzene rings is 10. The van der Waals surface area contributed by atoms with Crippen molar-refractivity contribution in [3.8, 4) is 11.5 Å². The molecule has 6 heteroatoms. The smallest absolute Gasteiger partial charge is 0.252 e. The number of fused-ring (bicyclic) bond motifs is 6. The van der Waals surface area contributed by atoms with Crippen LogP contribution in [0.15, 0.2) is 249 Å². The predicted octanol–water partition coefficient (Wildman–Crippen LogP) is 15.1. The molecule has 0 radical (unpaired) electrons. The topological polar surface area (TPSA) is 22.2 Å². The normalized spacial score (nSPS) is 13.5. The van der Waals surface area contributed by atoms with Gasteiger partial charge >= 0.3 is 0 Å². The predicted molar refractivity (Wildman–Crippen MR) is 288 cm³/mol. The van der Waals surface area contributed by atoms with E-state index < -0.39 is 0 Å². The average molecular weight is 887 g/mol. The van der Waals surface area contributed by atoms with Gasteiger partial charge in [0.15, 0.2) is 5.75 Å². The fourth-order valence-corrected chi connectivity index (χ4v) is 11.1. The van der Waals surface area contributed by atoms with Gasteiger partial charge in [-0.15, -0.1) is 0 Å². The molecule has 0 amide bonds. The first-order valence-corrected chi connectivity index (χ1v) is 23.8. The molecular weight excluding hydrogens is 840 g/mol. The lowest BCUT2D eigenvalue weighted by Crippen LogP contribution is -2.61. The minimum atomic E-state index is -0.281. The van der Waals surface area contributed by atoms with Crippen molar-refractivity contribution < 1.29 is 4.74 Å². The lowest BCUT2D eigenvalue weighted by atomic mass is 9.33. The summed E-state index contributed by atoms with van der Waals surface area (Å²) < 4.78 is 7.01. The van der Waals surface area contributed by atoms with Crippen LogP contribution in [-0.4, -0.2) is 6.71 Å². The van der Waals surface area contributed by atoms with Crippen molar-refractivity contribution in [2.24, 2.45) is 0 Å². The third-order valence-electron chi connectivity index (χ3n) is 14.2. The Morgan fingerprint density at radius 3 is 1.48 bits per heavy atom. The first kappa shape index (κ1) is 40.5. The van der Waals surface area contributed by atoms with Gasteiger partial charge in [0.2, 0.25) is 0 Å². The first-order valence-electron chi connectivity index (χ1n) is 23.8.